The van der Waals surface area contributed by atoms with Crippen LogP contribution in [0.3, 0.4) is 0 Å². The van der Waals surface area contributed by atoms with Crippen molar-refractivity contribution in [3.05, 3.63) is 51.1 Å². The lowest BCUT2D eigenvalue weighted by atomic mass is 10.1. The van der Waals surface area contributed by atoms with Crippen LogP contribution in [0.4, 0.5) is 0 Å². The minimum Gasteiger partial charge on any atom is -0.465 e. The van der Waals surface area contributed by atoms with Gasteiger partial charge in [-0.3, -0.25) is 4.98 Å². The van der Waals surface area contributed by atoms with Crippen molar-refractivity contribution in [2.75, 3.05) is 7.11 Å². The van der Waals surface area contributed by atoms with E-state index in [1.165, 1.54) is 19.4 Å². The molecular weight excluding hydrogens is 309 g/mol. The summed E-state index contributed by atoms with van der Waals surface area (Å²) in [7, 11) is 1.29. The highest BCUT2D eigenvalue weighted by Crippen LogP contribution is 2.28. The van der Waals surface area contributed by atoms with E-state index in [2.05, 4.69) is 9.72 Å². The van der Waals surface area contributed by atoms with Crippen LogP contribution in [0, 0.1) is 0 Å². The maximum atomic E-state index is 11.6. The molecule has 0 atom stereocenters. The van der Waals surface area contributed by atoms with Crippen LogP contribution < -0.4 is 0 Å². The van der Waals surface area contributed by atoms with Crippen molar-refractivity contribution in [2.24, 2.45) is 0 Å². The molecule has 0 aliphatic carbocycles. The minimum absolute atomic E-state index is 0.226. The Hall–Kier alpha value is -1.29. The van der Waals surface area contributed by atoms with Crippen molar-refractivity contribution in [3.63, 3.8) is 0 Å². The number of nitrogens with zero attached hydrogens (tertiary/aromatic N) is 1. The number of hydrogen-bond acceptors (Lipinski definition) is 3. The van der Waals surface area contributed by atoms with Gasteiger partial charge in [0.1, 0.15) is 0 Å². The van der Waals surface area contributed by atoms with Gasteiger partial charge in [0.25, 0.3) is 0 Å². The molecular formula is C13H8Cl3NO2. The van der Waals surface area contributed by atoms with Crippen LogP contribution >= 0.6 is 34.8 Å². The molecule has 98 valence electrons. The first-order valence-corrected chi connectivity index (χ1v) is 6.35. The van der Waals surface area contributed by atoms with E-state index in [1.807, 2.05) is 0 Å². The van der Waals surface area contributed by atoms with Crippen molar-refractivity contribution in [1.82, 2.24) is 4.98 Å². The van der Waals surface area contributed by atoms with Gasteiger partial charge in [0, 0.05) is 21.8 Å². The molecule has 0 bridgehead atoms. The van der Waals surface area contributed by atoms with Crippen LogP contribution in [0.15, 0.2) is 30.5 Å². The van der Waals surface area contributed by atoms with Crippen LogP contribution in [0.5, 0.6) is 0 Å². The number of esters is 1. The summed E-state index contributed by atoms with van der Waals surface area (Å²) < 4.78 is 4.65. The number of ether oxygens (including phenoxy) is 1. The second-order valence-corrected chi connectivity index (χ2v) is 4.98. The van der Waals surface area contributed by atoms with E-state index in [0.717, 1.165) is 0 Å². The number of hydrogen-bond donors (Lipinski definition) is 0. The SMILES string of the molecule is COC(=O)c1cc(-c2cc(Cl)cc(Cl)c2)ncc1Cl. The Labute approximate surface area is 125 Å². The fourth-order valence-corrected chi connectivity index (χ4v) is 2.27. The molecule has 0 amide bonds. The summed E-state index contributed by atoms with van der Waals surface area (Å²) in [6.07, 6.45) is 1.39. The first-order valence-electron chi connectivity index (χ1n) is 5.21. The third-order valence-corrected chi connectivity index (χ3v) is 3.16. The van der Waals surface area contributed by atoms with Gasteiger partial charge in [0.05, 0.1) is 23.4 Å². The molecule has 0 radical (unpaired) electrons. The van der Waals surface area contributed by atoms with E-state index in [-0.39, 0.29) is 10.6 Å². The van der Waals surface area contributed by atoms with Gasteiger partial charge >= 0.3 is 5.97 Å². The zero-order valence-electron chi connectivity index (χ0n) is 9.78. The lowest BCUT2D eigenvalue weighted by molar-refractivity contribution is 0.0601. The van der Waals surface area contributed by atoms with E-state index < -0.39 is 5.97 Å². The van der Waals surface area contributed by atoms with Crippen molar-refractivity contribution in [2.45, 2.75) is 0 Å². The number of carbonyl (C=O) groups is 1. The second-order valence-electron chi connectivity index (χ2n) is 3.70. The van der Waals surface area contributed by atoms with Crippen LogP contribution in [0.2, 0.25) is 15.1 Å². The Morgan fingerprint density at radius 2 is 1.74 bits per heavy atom. The van der Waals surface area contributed by atoms with Gasteiger partial charge in [-0.2, -0.15) is 0 Å². The zero-order valence-corrected chi connectivity index (χ0v) is 12.1. The summed E-state index contributed by atoms with van der Waals surface area (Å²) in [4.78, 5) is 15.7. The molecule has 2 rings (SSSR count). The van der Waals surface area contributed by atoms with Crippen LogP contribution in [0.25, 0.3) is 11.3 Å². The monoisotopic (exact) mass is 315 g/mol. The average Bonchev–Trinajstić information content (AvgIpc) is 2.37. The molecule has 2 aromatic rings. The third kappa shape index (κ3) is 3.18. The predicted molar refractivity (Wildman–Crippen MR) is 76.0 cm³/mol. The normalized spacial score (nSPS) is 10.3. The van der Waals surface area contributed by atoms with Gasteiger partial charge in [-0.25, -0.2) is 4.79 Å². The van der Waals surface area contributed by atoms with Gasteiger partial charge < -0.3 is 4.74 Å². The molecule has 1 aromatic heterocycles. The summed E-state index contributed by atoms with van der Waals surface area (Å²) in [5.74, 6) is -0.526. The molecule has 0 N–H and O–H groups in total. The Bertz CT molecular complexity index is 624. The molecule has 19 heavy (non-hydrogen) atoms. The van der Waals surface area contributed by atoms with E-state index in [1.54, 1.807) is 18.2 Å². The highest BCUT2D eigenvalue weighted by Gasteiger charge is 2.13. The third-order valence-electron chi connectivity index (χ3n) is 2.42. The van der Waals surface area contributed by atoms with E-state index in [9.17, 15) is 4.79 Å². The number of aromatic nitrogens is 1. The Morgan fingerprint density at radius 1 is 1.11 bits per heavy atom. The summed E-state index contributed by atoms with van der Waals surface area (Å²) >= 11 is 17.8. The Kier molecular flexibility index (Phi) is 4.30. The highest BCUT2D eigenvalue weighted by molar-refractivity contribution is 6.35. The smallest absolute Gasteiger partial charge is 0.339 e. The fourth-order valence-electron chi connectivity index (χ4n) is 1.56. The predicted octanol–water partition coefficient (Wildman–Crippen LogP) is 4.50. The molecule has 0 spiro atoms. The maximum Gasteiger partial charge on any atom is 0.339 e. The lowest BCUT2D eigenvalue weighted by Gasteiger charge is -2.06. The molecule has 0 saturated carbocycles. The minimum atomic E-state index is -0.526. The van der Waals surface area contributed by atoms with E-state index in [0.29, 0.717) is 21.3 Å². The van der Waals surface area contributed by atoms with Crippen LogP contribution in [-0.4, -0.2) is 18.1 Å². The standard InChI is InChI=1S/C13H8Cl3NO2/c1-19-13(18)10-5-12(17-6-11(10)16)7-2-8(14)4-9(15)3-7/h2-6H,1H3. The fraction of sp³-hybridized carbons (Fsp3) is 0.0769. The van der Waals surface area contributed by atoms with Gasteiger partial charge in [-0.1, -0.05) is 34.8 Å². The van der Waals surface area contributed by atoms with Crippen LogP contribution in [0.1, 0.15) is 10.4 Å². The van der Waals surface area contributed by atoms with Gasteiger partial charge in [-0.05, 0) is 24.3 Å². The maximum absolute atomic E-state index is 11.6. The van der Waals surface area contributed by atoms with Crippen LogP contribution in [-0.2, 0) is 4.74 Å². The van der Waals surface area contributed by atoms with Crippen molar-refractivity contribution < 1.29 is 9.53 Å². The van der Waals surface area contributed by atoms with Gasteiger partial charge in [-0.15, -0.1) is 0 Å². The summed E-state index contributed by atoms with van der Waals surface area (Å²) in [5.41, 5.74) is 1.47. The molecule has 6 heteroatoms. The summed E-state index contributed by atoms with van der Waals surface area (Å²) in [6.45, 7) is 0. The second kappa shape index (κ2) is 5.78. The molecule has 0 unspecified atom stereocenters. The quantitative estimate of drug-likeness (QED) is 0.766. The molecule has 1 heterocycles. The molecule has 0 fully saturated rings. The van der Waals surface area contributed by atoms with Gasteiger partial charge in [0.15, 0.2) is 0 Å². The Balaban J connectivity index is 2.54. The number of pyridine rings is 1. The van der Waals surface area contributed by atoms with Crippen molar-refractivity contribution in [1.29, 1.82) is 0 Å². The topological polar surface area (TPSA) is 39.2 Å². The lowest BCUT2D eigenvalue weighted by Crippen LogP contribution is -2.03. The van der Waals surface area contributed by atoms with Gasteiger partial charge in [0.2, 0.25) is 0 Å². The number of rotatable bonds is 2. The Morgan fingerprint density at radius 3 is 2.32 bits per heavy atom. The largest absolute Gasteiger partial charge is 0.465 e. The summed E-state index contributed by atoms with van der Waals surface area (Å²) in [5, 5.41) is 1.20. The number of methoxy groups -OCH3 is 1. The number of carbonyl (C=O) groups excluding carboxylic acids is 1. The zero-order chi connectivity index (χ0) is 14.0. The van der Waals surface area contributed by atoms with E-state index in [4.69, 9.17) is 34.8 Å². The molecule has 0 saturated heterocycles. The molecule has 1 aromatic carbocycles. The molecule has 3 nitrogen and oxygen atoms in total. The molecule has 0 aliphatic heterocycles. The van der Waals surface area contributed by atoms with Crippen molar-refractivity contribution >= 4 is 40.8 Å². The number of halogens is 3. The first-order chi connectivity index (χ1) is 9.01. The average molecular weight is 317 g/mol. The number of benzene rings is 1. The first kappa shape index (κ1) is 14.1. The summed E-state index contributed by atoms with van der Waals surface area (Å²) in [6, 6.07) is 6.55. The highest BCUT2D eigenvalue weighted by atomic mass is 35.5. The van der Waals surface area contributed by atoms with Crippen molar-refractivity contribution in [3.8, 4) is 11.3 Å². The van der Waals surface area contributed by atoms with E-state index >= 15 is 0 Å². The molecule has 0 aliphatic rings.